The van der Waals surface area contributed by atoms with Gasteiger partial charge in [-0.1, -0.05) is 29.8 Å². The molecule has 2 N–H and O–H groups in total. The van der Waals surface area contributed by atoms with E-state index in [0.29, 0.717) is 11.1 Å². The molecule has 18 heavy (non-hydrogen) atoms. The van der Waals surface area contributed by atoms with Crippen molar-refractivity contribution in [2.24, 2.45) is 11.7 Å². The molecule has 0 aromatic heterocycles. The molecule has 1 aliphatic rings. The molecule has 0 saturated heterocycles. The molecule has 96 valence electrons. The standard InChI is InChI=1S/C13H15BrN2O2/c1-7(2)11(15)6-16-12(17)9-4-3-8(14)5-10(9)13(16)18/h3-5,7,11H,6,15H2,1-2H3. The fourth-order valence-corrected chi connectivity index (χ4v) is 2.21. The first kappa shape index (κ1) is 13.2. The zero-order valence-electron chi connectivity index (χ0n) is 10.3. The number of nitrogens with two attached hydrogens (primary N) is 1. The number of rotatable bonds is 3. The van der Waals surface area contributed by atoms with Gasteiger partial charge in [0.25, 0.3) is 11.8 Å². The SMILES string of the molecule is CC(C)C(N)CN1C(=O)c2ccc(Br)cc2C1=O. The monoisotopic (exact) mass is 310 g/mol. The Bertz CT molecular complexity index is 514. The molecule has 1 aromatic rings. The summed E-state index contributed by atoms with van der Waals surface area (Å²) in [6, 6.07) is 4.91. The van der Waals surface area contributed by atoms with E-state index in [1.54, 1.807) is 18.2 Å². The maximum Gasteiger partial charge on any atom is 0.261 e. The highest BCUT2D eigenvalue weighted by Gasteiger charge is 2.36. The number of hydrogen-bond acceptors (Lipinski definition) is 3. The Hall–Kier alpha value is -1.20. The van der Waals surface area contributed by atoms with E-state index < -0.39 is 0 Å². The molecule has 5 heteroatoms. The van der Waals surface area contributed by atoms with Gasteiger partial charge < -0.3 is 5.73 Å². The first-order valence-corrected chi connectivity index (χ1v) is 6.62. The number of amides is 2. The van der Waals surface area contributed by atoms with E-state index in [9.17, 15) is 9.59 Å². The highest BCUT2D eigenvalue weighted by atomic mass is 79.9. The zero-order valence-corrected chi connectivity index (χ0v) is 11.9. The Kier molecular flexibility index (Phi) is 3.54. The van der Waals surface area contributed by atoms with E-state index in [1.165, 1.54) is 4.90 Å². The Morgan fingerprint density at radius 3 is 2.44 bits per heavy atom. The van der Waals surface area contributed by atoms with Gasteiger partial charge in [-0.3, -0.25) is 14.5 Å². The van der Waals surface area contributed by atoms with E-state index in [0.717, 1.165) is 4.47 Å². The number of imide groups is 1. The molecule has 2 amide bonds. The first-order chi connectivity index (χ1) is 8.41. The van der Waals surface area contributed by atoms with Crippen LogP contribution in [0.3, 0.4) is 0 Å². The molecule has 0 fully saturated rings. The lowest BCUT2D eigenvalue weighted by molar-refractivity contribution is 0.0637. The maximum absolute atomic E-state index is 12.1. The van der Waals surface area contributed by atoms with E-state index in [-0.39, 0.29) is 30.3 Å². The molecular weight excluding hydrogens is 296 g/mol. The van der Waals surface area contributed by atoms with Crippen LogP contribution < -0.4 is 5.73 Å². The van der Waals surface area contributed by atoms with Crippen molar-refractivity contribution in [1.82, 2.24) is 4.90 Å². The highest BCUT2D eigenvalue weighted by molar-refractivity contribution is 9.10. The topological polar surface area (TPSA) is 63.4 Å². The summed E-state index contributed by atoms with van der Waals surface area (Å²) in [5.41, 5.74) is 6.84. The van der Waals surface area contributed by atoms with Crippen LogP contribution >= 0.6 is 15.9 Å². The smallest absolute Gasteiger partial charge is 0.261 e. The molecule has 0 spiro atoms. The lowest BCUT2D eigenvalue weighted by Gasteiger charge is -2.21. The summed E-state index contributed by atoms with van der Waals surface area (Å²) < 4.78 is 0.789. The van der Waals surface area contributed by atoms with Crippen molar-refractivity contribution >= 4 is 27.7 Å². The van der Waals surface area contributed by atoms with Crippen molar-refractivity contribution in [3.05, 3.63) is 33.8 Å². The molecule has 0 saturated carbocycles. The minimum absolute atomic E-state index is 0.198. The Morgan fingerprint density at radius 1 is 1.22 bits per heavy atom. The van der Waals surface area contributed by atoms with Crippen molar-refractivity contribution in [2.45, 2.75) is 19.9 Å². The molecule has 2 rings (SSSR count). The summed E-state index contributed by atoms with van der Waals surface area (Å²) >= 11 is 3.30. The number of carbonyl (C=O) groups is 2. The number of fused-ring (bicyclic) bond motifs is 1. The largest absolute Gasteiger partial charge is 0.326 e. The molecule has 1 heterocycles. The van der Waals surface area contributed by atoms with Crippen molar-refractivity contribution in [1.29, 1.82) is 0 Å². The predicted octanol–water partition coefficient (Wildman–Crippen LogP) is 2.03. The van der Waals surface area contributed by atoms with Crippen LogP contribution in [0.4, 0.5) is 0 Å². The van der Waals surface area contributed by atoms with Crippen LogP contribution in [-0.4, -0.2) is 29.3 Å². The lowest BCUT2D eigenvalue weighted by atomic mass is 10.1. The third kappa shape index (κ3) is 2.20. The van der Waals surface area contributed by atoms with E-state index in [1.807, 2.05) is 13.8 Å². The van der Waals surface area contributed by atoms with Crippen LogP contribution in [-0.2, 0) is 0 Å². The Balaban J connectivity index is 2.29. The van der Waals surface area contributed by atoms with Gasteiger partial charge in [0.15, 0.2) is 0 Å². The minimum atomic E-state index is -0.257. The highest BCUT2D eigenvalue weighted by Crippen LogP contribution is 2.26. The molecule has 1 atom stereocenters. The number of benzene rings is 1. The summed E-state index contributed by atoms with van der Waals surface area (Å²) in [6.07, 6.45) is 0. The molecular formula is C13H15BrN2O2. The van der Waals surface area contributed by atoms with Gasteiger partial charge in [-0.25, -0.2) is 0 Å². The first-order valence-electron chi connectivity index (χ1n) is 5.83. The van der Waals surface area contributed by atoms with Crippen LogP contribution in [0.25, 0.3) is 0 Å². The van der Waals surface area contributed by atoms with Crippen LogP contribution in [0.2, 0.25) is 0 Å². The van der Waals surface area contributed by atoms with Crippen molar-refractivity contribution in [3.8, 4) is 0 Å². The van der Waals surface area contributed by atoms with E-state index >= 15 is 0 Å². The predicted molar refractivity (Wildman–Crippen MR) is 72.3 cm³/mol. The van der Waals surface area contributed by atoms with Gasteiger partial charge in [0.05, 0.1) is 11.1 Å². The second kappa shape index (κ2) is 4.82. The number of nitrogens with zero attached hydrogens (tertiary/aromatic N) is 1. The molecule has 0 bridgehead atoms. The number of carbonyl (C=O) groups excluding carboxylic acids is 2. The van der Waals surface area contributed by atoms with Gasteiger partial charge in [-0.2, -0.15) is 0 Å². The lowest BCUT2D eigenvalue weighted by Crippen LogP contribution is -2.43. The van der Waals surface area contributed by atoms with Crippen LogP contribution in [0, 0.1) is 5.92 Å². The van der Waals surface area contributed by atoms with Gasteiger partial charge in [-0.05, 0) is 24.1 Å². The number of halogens is 1. The Labute approximate surface area is 114 Å². The van der Waals surface area contributed by atoms with Gasteiger partial charge in [0, 0.05) is 17.1 Å². The molecule has 0 radical (unpaired) electrons. The average Bonchev–Trinajstić information content (AvgIpc) is 2.54. The van der Waals surface area contributed by atoms with Crippen LogP contribution in [0.5, 0.6) is 0 Å². The number of hydrogen-bond donors (Lipinski definition) is 1. The molecule has 4 nitrogen and oxygen atoms in total. The Morgan fingerprint density at radius 2 is 1.83 bits per heavy atom. The van der Waals surface area contributed by atoms with Crippen LogP contribution in [0.1, 0.15) is 34.6 Å². The summed E-state index contributed by atoms with van der Waals surface area (Å²) in [4.78, 5) is 25.5. The fourth-order valence-electron chi connectivity index (χ4n) is 1.85. The average molecular weight is 311 g/mol. The van der Waals surface area contributed by atoms with Crippen molar-refractivity contribution in [3.63, 3.8) is 0 Å². The maximum atomic E-state index is 12.1. The molecule has 1 unspecified atom stereocenters. The summed E-state index contributed by atoms with van der Waals surface area (Å²) in [6.45, 7) is 4.21. The second-order valence-corrected chi connectivity index (χ2v) is 5.73. The van der Waals surface area contributed by atoms with Crippen molar-refractivity contribution in [2.75, 3.05) is 6.54 Å². The van der Waals surface area contributed by atoms with E-state index in [4.69, 9.17) is 5.73 Å². The zero-order chi connectivity index (χ0) is 13.4. The van der Waals surface area contributed by atoms with Gasteiger partial charge in [0.2, 0.25) is 0 Å². The second-order valence-electron chi connectivity index (χ2n) is 4.82. The minimum Gasteiger partial charge on any atom is -0.326 e. The van der Waals surface area contributed by atoms with Crippen molar-refractivity contribution < 1.29 is 9.59 Å². The van der Waals surface area contributed by atoms with E-state index in [2.05, 4.69) is 15.9 Å². The van der Waals surface area contributed by atoms with Gasteiger partial charge >= 0.3 is 0 Å². The van der Waals surface area contributed by atoms with Gasteiger partial charge in [0.1, 0.15) is 0 Å². The third-order valence-electron chi connectivity index (χ3n) is 3.18. The quantitative estimate of drug-likeness (QED) is 0.869. The molecule has 0 aliphatic carbocycles. The summed E-state index contributed by atoms with van der Waals surface area (Å²) in [5, 5.41) is 0. The van der Waals surface area contributed by atoms with Gasteiger partial charge in [-0.15, -0.1) is 0 Å². The third-order valence-corrected chi connectivity index (χ3v) is 3.68. The molecule has 1 aromatic carbocycles. The normalized spacial score (nSPS) is 16.4. The fraction of sp³-hybridized carbons (Fsp3) is 0.385. The summed E-state index contributed by atoms with van der Waals surface area (Å²) in [5.74, 6) is -0.285. The molecule has 1 aliphatic heterocycles. The van der Waals surface area contributed by atoms with Crippen LogP contribution in [0.15, 0.2) is 22.7 Å². The summed E-state index contributed by atoms with van der Waals surface area (Å²) in [7, 11) is 0.